The summed E-state index contributed by atoms with van der Waals surface area (Å²) in [6, 6.07) is 8.09. The van der Waals surface area contributed by atoms with Crippen molar-refractivity contribution in [3.8, 4) is 0 Å². The van der Waals surface area contributed by atoms with Gasteiger partial charge in [0.25, 0.3) is 0 Å². The van der Waals surface area contributed by atoms with Crippen molar-refractivity contribution in [2.75, 3.05) is 37.6 Å². The van der Waals surface area contributed by atoms with Gasteiger partial charge in [-0.05, 0) is 55.9 Å². The van der Waals surface area contributed by atoms with Crippen LogP contribution >= 0.6 is 35.4 Å². The molecule has 0 radical (unpaired) electrons. The summed E-state index contributed by atoms with van der Waals surface area (Å²) in [5.41, 5.74) is 10.1. The molecule has 2 heterocycles. The molecule has 1 aromatic carbocycles. The molecule has 0 atom stereocenters. The molecular formula is C22H31Cl2N7S. The lowest BCUT2D eigenvalue weighted by molar-refractivity contribution is 0.250. The molecule has 1 fully saturated rings. The number of halogens is 2. The number of nitrogens with one attached hydrogen (secondary N) is 1. The molecule has 3 N–H and O–H groups in total. The van der Waals surface area contributed by atoms with Gasteiger partial charge in [-0.1, -0.05) is 36.5 Å². The minimum Gasteiger partial charge on any atom is -0.375 e. The first-order chi connectivity index (χ1) is 15.5. The lowest BCUT2D eigenvalue weighted by Gasteiger charge is -2.36. The number of thiocarbonyl (C=S) groups is 1. The Morgan fingerprint density at radius 3 is 2.53 bits per heavy atom. The Morgan fingerprint density at radius 1 is 1.16 bits per heavy atom. The summed E-state index contributed by atoms with van der Waals surface area (Å²) in [4.78, 5) is 9.50. The summed E-state index contributed by atoms with van der Waals surface area (Å²) in [6.07, 6.45) is 5.73. The van der Waals surface area contributed by atoms with Crippen molar-refractivity contribution in [2.24, 2.45) is 10.8 Å². The van der Waals surface area contributed by atoms with E-state index in [1.807, 2.05) is 12.1 Å². The number of nitrogens with zero attached hydrogens (tertiary/aromatic N) is 5. The van der Waals surface area contributed by atoms with Crippen molar-refractivity contribution < 1.29 is 0 Å². The van der Waals surface area contributed by atoms with E-state index in [9.17, 15) is 0 Å². The standard InChI is InChI=1S/C22H31Cl2N7S/c1-2-3-5-20-27-21(24)19(16-26-28-22(25)32)31(20)11-4-10-29-12-14-30(15-13-29)18-8-6-17(23)7-9-18/h6-9,16H,2-5,10-15H2,1H3,(H3,25,28,32)/b26-16+. The lowest BCUT2D eigenvalue weighted by atomic mass is 10.2. The minimum atomic E-state index is 0.118. The normalized spacial score (nSPS) is 14.9. The highest BCUT2D eigenvalue weighted by atomic mass is 35.5. The molecule has 32 heavy (non-hydrogen) atoms. The molecule has 2 aromatic rings. The fraction of sp³-hybridized carbons (Fsp3) is 0.500. The summed E-state index contributed by atoms with van der Waals surface area (Å²) in [7, 11) is 0. The van der Waals surface area contributed by atoms with Crippen molar-refractivity contribution in [1.29, 1.82) is 0 Å². The Hall–Kier alpha value is -1.87. The smallest absolute Gasteiger partial charge is 0.184 e. The third kappa shape index (κ3) is 7.07. The number of benzene rings is 1. The van der Waals surface area contributed by atoms with Gasteiger partial charge in [-0.3, -0.25) is 10.3 Å². The van der Waals surface area contributed by atoms with E-state index in [1.54, 1.807) is 6.21 Å². The van der Waals surface area contributed by atoms with E-state index >= 15 is 0 Å². The van der Waals surface area contributed by atoms with Crippen molar-refractivity contribution in [2.45, 2.75) is 39.2 Å². The average molecular weight is 497 g/mol. The number of nitrogens with two attached hydrogens (primary N) is 1. The van der Waals surface area contributed by atoms with Crippen molar-refractivity contribution in [3.63, 3.8) is 0 Å². The second kappa shape index (κ2) is 12.4. The summed E-state index contributed by atoms with van der Waals surface area (Å²) in [5.74, 6) is 1.00. The predicted octanol–water partition coefficient (Wildman–Crippen LogP) is 3.91. The number of hydrogen-bond donors (Lipinski definition) is 2. The molecule has 0 spiro atoms. The quantitative estimate of drug-likeness (QED) is 0.295. The summed E-state index contributed by atoms with van der Waals surface area (Å²) in [6.45, 7) is 8.16. The van der Waals surface area contributed by atoms with Gasteiger partial charge in [-0.15, -0.1) is 0 Å². The molecule has 0 amide bonds. The Morgan fingerprint density at radius 2 is 1.88 bits per heavy atom. The van der Waals surface area contributed by atoms with Crippen LogP contribution in [0.25, 0.3) is 0 Å². The van der Waals surface area contributed by atoms with Crippen molar-refractivity contribution in [3.05, 3.63) is 46.0 Å². The number of unbranched alkanes of at least 4 members (excludes halogenated alkanes) is 1. The molecule has 0 bridgehead atoms. The van der Waals surface area contributed by atoms with Crippen LogP contribution in [0.3, 0.4) is 0 Å². The van der Waals surface area contributed by atoms with Gasteiger partial charge in [0.2, 0.25) is 0 Å². The van der Waals surface area contributed by atoms with Gasteiger partial charge in [0.05, 0.1) is 6.21 Å². The maximum Gasteiger partial charge on any atom is 0.184 e. The van der Waals surface area contributed by atoms with Gasteiger partial charge in [-0.25, -0.2) is 4.98 Å². The Labute approximate surface area is 205 Å². The zero-order valence-corrected chi connectivity index (χ0v) is 20.8. The zero-order valence-electron chi connectivity index (χ0n) is 18.4. The number of anilines is 1. The van der Waals surface area contributed by atoms with E-state index < -0.39 is 0 Å². The number of imidazole rings is 1. The first-order valence-electron chi connectivity index (χ1n) is 11.0. The fourth-order valence-corrected chi connectivity index (χ4v) is 4.30. The largest absolute Gasteiger partial charge is 0.375 e. The maximum absolute atomic E-state index is 6.42. The first-order valence-corrected chi connectivity index (χ1v) is 12.2. The third-order valence-electron chi connectivity index (χ3n) is 5.58. The molecule has 1 aliphatic rings. The molecule has 0 unspecified atom stereocenters. The number of aryl methyl sites for hydroxylation is 1. The Kier molecular flexibility index (Phi) is 9.59. The van der Waals surface area contributed by atoms with Gasteiger partial charge in [0, 0.05) is 49.9 Å². The van der Waals surface area contributed by atoms with Gasteiger partial charge in [-0.2, -0.15) is 5.10 Å². The summed E-state index contributed by atoms with van der Waals surface area (Å²) in [5, 5.41) is 5.44. The Bertz CT molecular complexity index is 906. The maximum atomic E-state index is 6.42. The van der Waals surface area contributed by atoms with Crippen LogP contribution in [0.2, 0.25) is 10.2 Å². The topological polar surface area (TPSA) is 74.7 Å². The highest BCUT2D eigenvalue weighted by Crippen LogP contribution is 2.21. The predicted molar refractivity (Wildman–Crippen MR) is 138 cm³/mol. The van der Waals surface area contributed by atoms with Crippen molar-refractivity contribution >= 4 is 52.4 Å². The van der Waals surface area contributed by atoms with Crippen LogP contribution in [0.5, 0.6) is 0 Å². The van der Waals surface area contributed by atoms with Gasteiger partial charge in [0.1, 0.15) is 11.5 Å². The molecule has 7 nitrogen and oxygen atoms in total. The van der Waals surface area contributed by atoms with Gasteiger partial charge >= 0.3 is 0 Å². The van der Waals surface area contributed by atoms with Crippen LogP contribution < -0.4 is 16.1 Å². The number of hydrazone groups is 1. The van der Waals surface area contributed by atoms with E-state index in [-0.39, 0.29) is 5.11 Å². The van der Waals surface area contributed by atoms with Gasteiger partial charge in [0.15, 0.2) is 10.3 Å². The molecule has 3 rings (SSSR count). The third-order valence-corrected chi connectivity index (χ3v) is 6.20. The van der Waals surface area contributed by atoms with Crippen LogP contribution in [-0.2, 0) is 13.0 Å². The fourth-order valence-electron chi connectivity index (χ4n) is 3.87. The van der Waals surface area contributed by atoms with E-state index in [1.165, 1.54) is 5.69 Å². The second-order valence-corrected chi connectivity index (χ2v) is 9.09. The number of rotatable bonds is 10. The molecule has 1 saturated heterocycles. The van der Waals surface area contributed by atoms with E-state index in [2.05, 4.69) is 48.9 Å². The van der Waals surface area contributed by atoms with Crippen LogP contribution in [0.15, 0.2) is 29.4 Å². The summed E-state index contributed by atoms with van der Waals surface area (Å²) >= 11 is 17.2. The van der Waals surface area contributed by atoms with E-state index in [0.717, 1.165) is 81.5 Å². The zero-order chi connectivity index (χ0) is 22.9. The number of aromatic nitrogens is 2. The average Bonchev–Trinajstić information content (AvgIpc) is 3.07. The van der Waals surface area contributed by atoms with Crippen LogP contribution in [0.1, 0.15) is 37.7 Å². The highest BCUT2D eigenvalue weighted by molar-refractivity contribution is 7.80. The number of piperazine rings is 1. The molecule has 1 aliphatic heterocycles. The molecular weight excluding hydrogens is 465 g/mol. The highest BCUT2D eigenvalue weighted by Gasteiger charge is 2.18. The van der Waals surface area contributed by atoms with Crippen LogP contribution in [-0.4, -0.2) is 58.5 Å². The first kappa shape index (κ1) is 24.8. The second-order valence-electron chi connectivity index (χ2n) is 7.85. The lowest BCUT2D eigenvalue weighted by Crippen LogP contribution is -2.46. The minimum absolute atomic E-state index is 0.118. The van der Waals surface area contributed by atoms with E-state index in [0.29, 0.717) is 5.15 Å². The molecule has 0 aliphatic carbocycles. The summed E-state index contributed by atoms with van der Waals surface area (Å²) < 4.78 is 2.17. The SMILES string of the molecule is CCCCc1nc(Cl)c(/C=N/NC(N)=S)n1CCCN1CCN(c2ccc(Cl)cc2)CC1. The van der Waals surface area contributed by atoms with Gasteiger partial charge < -0.3 is 15.2 Å². The Balaban J connectivity index is 1.55. The van der Waals surface area contributed by atoms with Crippen LogP contribution in [0, 0.1) is 0 Å². The molecule has 0 saturated carbocycles. The van der Waals surface area contributed by atoms with E-state index in [4.69, 9.17) is 41.2 Å². The molecule has 174 valence electrons. The molecule has 1 aromatic heterocycles. The van der Waals surface area contributed by atoms with Crippen molar-refractivity contribution in [1.82, 2.24) is 19.9 Å². The number of hydrogen-bond acceptors (Lipinski definition) is 5. The monoisotopic (exact) mass is 495 g/mol. The van der Waals surface area contributed by atoms with Crippen LogP contribution in [0.4, 0.5) is 5.69 Å². The molecule has 10 heteroatoms.